The predicted molar refractivity (Wildman–Crippen MR) is 62.7 cm³/mol. The van der Waals surface area contributed by atoms with Gasteiger partial charge in [-0.2, -0.15) is 0 Å². The van der Waals surface area contributed by atoms with E-state index in [4.69, 9.17) is 4.74 Å². The van der Waals surface area contributed by atoms with E-state index in [0.29, 0.717) is 3.97 Å². The zero-order valence-electron chi connectivity index (χ0n) is 9.64. The molecule has 1 aromatic heterocycles. The van der Waals surface area contributed by atoms with Gasteiger partial charge in [-0.05, 0) is 17.3 Å². The Morgan fingerprint density at radius 3 is 2.68 bits per heavy atom. The lowest BCUT2D eigenvalue weighted by molar-refractivity contribution is 0.0716. The summed E-state index contributed by atoms with van der Waals surface area (Å²) < 4.78 is 25.5. The van der Waals surface area contributed by atoms with Crippen molar-refractivity contribution in [3.05, 3.63) is 46.7 Å². The lowest BCUT2D eigenvalue weighted by Gasteiger charge is -2.03. The second-order valence-electron chi connectivity index (χ2n) is 3.15. The first-order valence-corrected chi connectivity index (χ1v) is 5.99. The van der Waals surface area contributed by atoms with Crippen LogP contribution < -0.4 is 10.5 Å². The van der Waals surface area contributed by atoms with Crippen molar-refractivity contribution in [3.8, 4) is 5.75 Å². The van der Waals surface area contributed by atoms with Gasteiger partial charge in [-0.15, -0.1) is 3.97 Å². The van der Waals surface area contributed by atoms with E-state index in [1.54, 1.807) is 18.2 Å². The van der Waals surface area contributed by atoms with E-state index in [-0.39, 0.29) is 5.75 Å². The van der Waals surface area contributed by atoms with Crippen molar-refractivity contribution in [1.29, 1.82) is 0 Å². The lowest BCUT2D eigenvalue weighted by atomic mass is 10.3. The minimum absolute atomic E-state index is 0.248. The first-order valence-electron chi connectivity index (χ1n) is 4.96. The van der Waals surface area contributed by atoms with E-state index in [2.05, 4.69) is 13.9 Å². The zero-order chi connectivity index (χ0) is 13.8. The molecule has 0 radical (unpaired) electrons. The van der Waals surface area contributed by atoms with Crippen LogP contribution in [0.1, 0.15) is 10.6 Å². The van der Waals surface area contributed by atoms with Gasteiger partial charge < -0.3 is 4.74 Å². The number of aromatic nitrogens is 2. The van der Waals surface area contributed by atoms with Crippen molar-refractivity contribution < 1.29 is 22.4 Å². The second-order valence-corrected chi connectivity index (χ2v) is 4.29. The van der Waals surface area contributed by atoms with E-state index in [0.717, 1.165) is 7.11 Å². The van der Waals surface area contributed by atoms with Crippen molar-refractivity contribution in [2.45, 2.75) is 0 Å². The molecule has 19 heavy (non-hydrogen) atoms. The molecule has 2 aromatic rings. The van der Waals surface area contributed by atoms with Gasteiger partial charge in [0, 0.05) is 0 Å². The maximum atomic E-state index is 11.8. The summed E-state index contributed by atoms with van der Waals surface area (Å²) in [7, 11) is 1.10. The monoisotopic (exact) mass is 284 g/mol. The van der Waals surface area contributed by atoms with Gasteiger partial charge in [0.1, 0.15) is 5.75 Å². The van der Waals surface area contributed by atoms with Crippen LogP contribution in [-0.4, -0.2) is 26.4 Å². The molecule has 1 atom stereocenters. The lowest BCUT2D eigenvalue weighted by Crippen LogP contribution is -2.25. The smallest absolute Gasteiger partial charge is 0.421 e. The third-order valence-electron chi connectivity index (χ3n) is 2.00. The largest absolute Gasteiger partial charge is 0.456 e. The molecule has 0 spiro atoms. The van der Waals surface area contributed by atoms with Gasteiger partial charge in [-0.1, -0.05) is 18.2 Å². The SMILES string of the molecule is COS(=O)n1c(C(=O)Oc2ccccc2)noc1=O. The van der Waals surface area contributed by atoms with Crippen molar-refractivity contribution in [2.75, 3.05) is 7.11 Å². The van der Waals surface area contributed by atoms with Gasteiger partial charge in [0.25, 0.3) is 17.1 Å². The van der Waals surface area contributed by atoms with E-state index < -0.39 is 28.8 Å². The fourth-order valence-corrected chi connectivity index (χ4v) is 1.76. The van der Waals surface area contributed by atoms with Gasteiger partial charge in [0.05, 0.1) is 7.11 Å². The summed E-state index contributed by atoms with van der Waals surface area (Å²) >= 11 is -2.21. The second kappa shape index (κ2) is 5.59. The van der Waals surface area contributed by atoms with Crippen LogP contribution in [0.5, 0.6) is 5.75 Å². The molecule has 8 nitrogen and oxygen atoms in total. The summed E-state index contributed by atoms with van der Waals surface area (Å²) in [5.41, 5.74) is 0. The number of ether oxygens (including phenoxy) is 1. The van der Waals surface area contributed by atoms with Crippen LogP contribution in [0.2, 0.25) is 0 Å². The van der Waals surface area contributed by atoms with Crippen molar-refractivity contribution in [2.24, 2.45) is 0 Å². The number of nitrogens with zero attached hydrogens (tertiary/aromatic N) is 2. The fraction of sp³-hybridized carbons (Fsp3) is 0.100. The van der Waals surface area contributed by atoms with Crippen molar-refractivity contribution >= 4 is 17.2 Å². The molecule has 0 aliphatic rings. The molecular formula is C10H8N2O6S. The van der Waals surface area contributed by atoms with Crippen LogP contribution in [0.4, 0.5) is 0 Å². The summed E-state index contributed by atoms with van der Waals surface area (Å²) in [6.07, 6.45) is 0. The quantitative estimate of drug-likeness (QED) is 0.581. The Morgan fingerprint density at radius 2 is 2.05 bits per heavy atom. The van der Waals surface area contributed by atoms with Gasteiger partial charge in [-0.3, -0.25) is 8.71 Å². The minimum atomic E-state index is -2.21. The van der Waals surface area contributed by atoms with Crippen LogP contribution in [0.3, 0.4) is 0 Å². The summed E-state index contributed by atoms with van der Waals surface area (Å²) in [6.45, 7) is 0. The standard InChI is InChI=1S/C10H8N2O6S/c1-16-19(15)12-8(11-18-10(12)14)9(13)17-7-5-3-2-4-6-7/h2-6H,1H3. The van der Waals surface area contributed by atoms with Gasteiger partial charge in [-0.25, -0.2) is 13.8 Å². The van der Waals surface area contributed by atoms with E-state index >= 15 is 0 Å². The van der Waals surface area contributed by atoms with E-state index in [1.165, 1.54) is 12.1 Å². The Morgan fingerprint density at radius 1 is 1.37 bits per heavy atom. The number of hydrogen-bond acceptors (Lipinski definition) is 7. The van der Waals surface area contributed by atoms with Gasteiger partial charge in [0.2, 0.25) is 0 Å². The number of rotatable bonds is 4. The van der Waals surface area contributed by atoms with E-state index in [1.807, 2.05) is 0 Å². The van der Waals surface area contributed by atoms with Crippen LogP contribution >= 0.6 is 0 Å². The van der Waals surface area contributed by atoms with Crippen molar-refractivity contribution in [3.63, 3.8) is 0 Å². The normalized spacial score (nSPS) is 12.1. The number of carbonyl (C=O) groups excluding carboxylic acids is 1. The summed E-state index contributed by atoms with van der Waals surface area (Å²) in [5.74, 6) is -2.37. The molecule has 0 saturated heterocycles. The molecule has 0 fully saturated rings. The minimum Gasteiger partial charge on any atom is -0.421 e. The van der Waals surface area contributed by atoms with Crippen LogP contribution in [0.15, 0.2) is 39.6 Å². The highest BCUT2D eigenvalue weighted by atomic mass is 32.2. The number of hydrogen-bond donors (Lipinski definition) is 0. The third kappa shape index (κ3) is 2.77. The highest BCUT2D eigenvalue weighted by molar-refractivity contribution is 7.78. The average Bonchev–Trinajstić information content (AvgIpc) is 2.81. The molecule has 0 aliphatic carbocycles. The molecule has 100 valence electrons. The third-order valence-corrected chi connectivity index (χ3v) is 2.90. The molecule has 0 aliphatic heterocycles. The average molecular weight is 284 g/mol. The Labute approximate surface area is 109 Å². The number of para-hydroxylation sites is 1. The van der Waals surface area contributed by atoms with Crippen LogP contribution in [0, 0.1) is 0 Å². The molecule has 2 rings (SSSR count). The number of carbonyl (C=O) groups is 1. The van der Waals surface area contributed by atoms with Crippen LogP contribution in [-0.2, 0) is 15.4 Å². The molecule has 1 unspecified atom stereocenters. The first kappa shape index (κ1) is 13.2. The maximum absolute atomic E-state index is 11.8. The molecule has 0 bridgehead atoms. The highest BCUT2D eigenvalue weighted by Gasteiger charge is 2.24. The Kier molecular flexibility index (Phi) is 3.88. The van der Waals surface area contributed by atoms with E-state index in [9.17, 15) is 13.8 Å². The predicted octanol–water partition coefficient (Wildman–Crippen LogP) is 0.129. The highest BCUT2D eigenvalue weighted by Crippen LogP contribution is 2.10. The molecule has 9 heteroatoms. The van der Waals surface area contributed by atoms with Gasteiger partial charge >= 0.3 is 11.7 Å². The fourth-order valence-electron chi connectivity index (χ4n) is 1.21. The molecule has 0 saturated carbocycles. The molecule has 1 aromatic carbocycles. The summed E-state index contributed by atoms with van der Waals surface area (Å²) in [6, 6.07) is 8.13. The molecule has 1 heterocycles. The van der Waals surface area contributed by atoms with Gasteiger partial charge in [0.15, 0.2) is 0 Å². The summed E-state index contributed by atoms with van der Waals surface area (Å²) in [5, 5.41) is 3.21. The van der Waals surface area contributed by atoms with Crippen molar-refractivity contribution in [1.82, 2.24) is 9.13 Å². The summed E-state index contributed by atoms with van der Waals surface area (Å²) in [4.78, 5) is 23.0. The zero-order valence-corrected chi connectivity index (χ0v) is 10.5. The molecular weight excluding hydrogens is 276 g/mol. The Hall–Kier alpha value is -2.26. The molecule has 0 amide bonds. The number of esters is 1. The maximum Gasteiger partial charge on any atom is 0.456 e. The van der Waals surface area contributed by atoms with Crippen LogP contribution in [0.25, 0.3) is 0 Å². The Bertz CT molecular complexity index is 662. The number of benzene rings is 1. The topological polar surface area (TPSA) is 101 Å². The Balaban J connectivity index is 2.30. The first-order chi connectivity index (χ1) is 9.13. The molecule has 0 N–H and O–H groups in total.